The Balaban J connectivity index is 1.02. The number of nitrogens with one attached hydrogen (secondary N) is 1. The molecule has 6 aromatic heterocycles. The first-order chi connectivity index (χ1) is 32.1. The van der Waals surface area contributed by atoms with Crippen LogP contribution < -0.4 is 16.2 Å². The van der Waals surface area contributed by atoms with Gasteiger partial charge in [0.1, 0.15) is 29.0 Å². The lowest BCUT2D eigenvalue weighted by molar-refractivity contribution is -0.0901. The van der Waals surface area contributed by atoms with Crippen LogP contribution in [0.1, 0.15) is 97.6 Å². The fraction of sp³-hybridized carbons (Fsp3) is 0.396. The molecule has 0 radical (unpaired) electrons. The van der Waals surface area contributed by atoms with Crippen molar-refractivity contribution in [2.24, 2.45) is 13.0 Å². The fourth-order valence-corrected chi connectivity index (χ4v) is 11.3. The minimum absolute atomic E-state index is 0.0401. The van der Waals surface area contributed by atoms with E-state index in [2.05, 4.69) is 15.2 Å². The van der Waals surface area contributed by atoms with Crippen molar-refractivity contribution in [3.05, 3.63) is 128 Å². The number of pyridine rings is 1. The molecule has 67 heavy (non-hydrogen) atoms. The normalized spacial score (nSPS) is 23.1. The monoisotopic (exact) mass is 911 g/mol. The van der Waals surface area contributed by atoms with E-state index in [9.17, 15) is 9.59 Å². The lowest BCUT2D eigenvalue weighted by Gasteiger charge is -2.35. The summed E-state index contributed by atoms with van der Waals surface area (Å²) in [5.41, 5.74) is 2.42. The predicted octanol–water partition coefficient (Wildman–Crippen LogP) is 6.64. The smallest absolute Gasteiger partial charge is 0.438 e. The Hall–Kier alpha value is -7.15. The number of aromatic nitrogens is 10. The summed E-state index contributed by atoms with van der Waals surface area (Å²) in [6, 6.07) is 9.47. The van der Waals surface area contributed by atoms with Crippen molar-refractivity contribution < 1.29 is 27.6 Å². The average Bonchev–Trinajstić information content (AvgIpc) is 4.00. The predicted molar refractivity (Wildman–Crippen MR) is 239 cm³/mol. The Labute approximate surface area is 380 Å². The summed E-state index contributed by atoms with van der Waals surface area (Å²) >= 11 is 0. The van der Waals surface area contributed by atoms with E-state index in [1.807, 2.05) is 42.4 Å². The molecule has 9 heterocycles. The van der Waals surface area contributed by atoms with Gasteiger partial charge in [-0.05, 0) is 100 Å². The Bertz CT molecular complexity index is 3470. The van der Waals surface area contributed by atoms with E-state index in [-0.39, 0.29) is 46.5 Å². The lowest BCUT2D eigenvalue weighted by atomic mass is 9.96. The second-order valence-electron chi connectivity index (χ2n) is 19.3. The van der Waals surface area contributed by atoms with Crippen LogP contribution >= 0.6 is 0 Å². The molecule has 344 valence electrons. The van der Waals surface area contributed by atoms with E-state index in [1.54, 1.807) is 66.9 Å². The molecule has 3 fully saturated rings. The number of nitrogens with zero attached hydrogens (tertiary/aromatic N) is 10. The van der Waals surface area contributed by atoms with Gasteiger partial charge in [-0.2, -0.15) is 10.2 Å². The highest BCUT2D eigenvalue weighted by Gasteiger charge is 2.60. The van der Waals surface area contributed by atoms with Crippen LogP contribution in [0.5, 0.6) is 5.88 Å². The van der Waals surface area contributed by atoms with E-state index >= 15 is 13.6 Å². The largest absolute Gasteiger partial charge is 0.474 e. The number of imidazole rings is 1. The van der Waals surface area contributed by atoms with E-state index in [0.717, 1.165) is 0 Å². The van der Waals surface area contributed by atoms with Crippen molar-refractivity contribution >= 4 is 27.7 Å². The summed E-state index contributed by atoms with van der Waals surface area (Å²) in [6.07, 6.45) is 9.44. The van der Waals surface area contributed by atoms with Gasteiger partial charge < -0.3 is 18.9 Å². The van der Waals surface area contributed by atoms with Crippen LogP contribution in [0.15, 0.2) is 75.3 Å². The molecule has 1 aliphatic carbocycles. The third-order valence-electron chi connectivity index (χ3n) is 14.6. The molecule has 4 aliphatic rings. The lowest BCUT2D eigenvalue weighted by Crippen LogP contribution is -2.43. The number of fused-ring (bicyclic) bond motifs is 6. The molecular formula is C48H47F2N11O6. The molecule has 17 nitrogen and oxygen atoms in total. The van der Waals surface area contributed by atoms with Gasteiger partial charge in [0, 0.05) is 56.5 Å². The van der Waals surface area contributed by atoms with Crippen molar-refractivity contribution in [1.29, 1.82) is 0 Å². The number of hydrogen-bond donors (Lipinski definition) is 1. The van der Waals surface area contributed by atoms with Gasteiger partial charge >= 0.3 is 11.4 Å². The summed E-state index contributed by atoms with van der Waals surface area (Å²) in [6.45, 7) is 9.99. The molecule has 19 heteroatoms. The number of carbonyl (C=O) groups is 1. The first-order valence-corrected chi connectivity index (χ1v) is 22.6. The number of rotatable bonds is 8. The summed E-state index contributed by atoms with van der Waals surface area (Å²) in [5, 5.41) is 14.4. The molecule has 2 saturated heterocycles. The first kappa shape index (κ1) is 41.3. The van der Waals surface area contributed by atoms with Crippen LogP contribution in [-0.2, 0) is 23.7 Å². The Morgan fingerprint density at radius 3 is 2.46 bits per heavy atom. The van der Waals surface area contributed by atoms with Crippen LogP contribution in [0.2, 0.25) is 0 Å². The molecule has 1 unspecified atom stereocenters. The number of benzene rings is 2. The Morgan fingerprint density at radius 2 is 1.73 bits per heavy atom. The number of carbonyl (C=O) groups excluding carboxylic acids is 1. The van der Waals surface area contributed by atoms with Gasteiger partial charge in [0.2, 0.25) is 5.88 Å². The van der Waals surface area contributed by atoms with Crippen molar-refractivity contribution in [1.82, 2.24) is 53.3 Å². The van der Waals surface area contributed by atoms with Crippen molar-refractivity contribution in [3.8, 4) is 23.1 Å². The second kappa shape index (κ2) is 14.4. The number of hydrogen-bond acceptors (Lipinski definition) is 10. The SMILES string of the molecule is Cc1cc(-n2nc3c(c2-n2ccn(-c4ccc5c(cnn5C)c4F)c2=O)[C@@H]2CC[C@H](C3)N2C(=O)c2cc3c(OC4CCOC(C)(C)C4)nccc3n2[C@@]2(c3noc(=O)[nH]3)C[C@@H]2C)cc(C)c1F. The van der Waals surface area contributed by atoms with E-state index in [0.29, 0.717) is 113 Å². The van der Waals surface area contributed by atoms with E-state index in [1.165, 1.54) is 21.5 Å². The molecule has 1 N–H and O–H groups in total. The van der Waals surface area contributed by atoms with Gasteiger partial charge in [-0.15, -0.1) is 0 Å². The van der Waals surface area contributed by atoms with Gasteiger partial charge in [0.25, 0.3) is 5.91 Å². The topological polar surface area (TPSA) is 178 Å². The summed E-state index contributed by atoms with van der Waals surface area (Å²) in [5.74, 6) is -0.935. The third kappa shape index (κ3) is 6.08. The molecule has 1 saturated carbocycles. The standard InChI is InChI=1S/C48H47F2N11O6/c1-24-17-28(18-25(2)39(24)49)61-42(58-15-14-57(46(58)64)36-10-9-33-31(40(36)50)23-52-56(33)6)38-32(54-61)19-27-7-8-35(38)59(27)43(62)37-20-30-34(60(37)48(21-26(48)3)44-53-45(63)67-55-44)11-13-51-41(30)66-29-12-16-65-47(4,5)22-29/h9-11,13-15,17-18,20,23,26-27,29,35H,7-8,12,16,19,21-22H2,1-6H3,(H,53,55,63)/t26-,27+,29?,35-,48-/m0/s1. The molecule has 5 atom stereocenters. The zero-order chi connectivity index (χ0) is 46.4. The van der Waals surface area contributed by atoms with Crippen LogP contribution in [0, 0.1) is 31.4 Å². The molecular weight excluding hydrogens is 865 g/mol. The number of aryl methyl sites for hydroxylation is 3. The second-order valence-corrected chi connectivity index (χ2v) is 19.3. The van der Waals surface area contributed by atoms with Gasteiger partial charge in [0.15, 0.2) is 11.6 Å². The molecule has 8 aromatic rings. The number of ether oxygens (including phenoxy) is 2. The van der Waals surface area contributed by atoms with Gasteiger partial charge in [-0.25, -0.2) is 28.0 Å². The minimum atomic E-state index is -0.934. The molecule has 1 amide bonds. The van der Waals surface area contributed by atoms with Gasteiger partial charge in [0.05, 0.1) is 63.3 Å². The van der Waals surface area contributed by atoms with Crippen LogP contribution in [0.3, 0.4) is 0 Å². The van der Waals surface area contributed by atoms with Crippen LogP contribution in [-0.4, -0.2) is 83.5 Å². The maximum atomic E-state index is 16.2. The molecule has 0 spiro atoms. The summed E-state index contributed by atoms with van der Waals surface area (Å²) < 4.78 is 57.0. The fourth-order valence-electron chi connectivity index (χ4n) is 11.3. The Kier molecular flexibility index (Phi) is 8.89. The van der Waals surface area contributed by atoms with E-state index < -0.39 is 28.8 Å². The first-order valence-electron chi connectivity index (χ1n) is 22.6. The molecule has 3 aliphatic heterocycles. The van der Waals surface area contributed by atoms with Crippen LogP contribution in [0.25, 0.3) is 39.0 Å². The molecule has 2 bridgehead atoms. The van der Waals surface area contributed by atoms with Gasteiger partial charge in [-0.3, -0.25) is 28.1 Å². The van der Waals surface area contributed by atoms with Crippen molar-refractivity contribution in [3.63, 3.8) is 0 Å². The number of halogens is 2. The van der Waals surface area contributed by atoms with Crippen molar-refractivity contribution in [2.45, 2.75) is 102 Å². The minimum Gasteiger partial charge on any atom is -0.474 e. The molecule has 12 rings (SSSR count). The zero-order valence-corrected chi connectivity index (χ0v) is 37.7. The summed E-state index contributed by atoms with van der Waals surface area (Å²) in [4.78, 5) is 52.5. The van der Waals surface area contributed by atoms with Crippen molar-refractivity contribution in [2.75, 3.05) is 6.61 Å². The highest BCUT2D eigenvalue weighted by Crippen LogP contribution is 2.57. The highest BCUT2D eigenvalue weighted by molar-refractivity contribution is 6.01. The maximum Gasteiger partial charge on any atom is 0.438 e. The maximum absolute atomic E-state index is 16.2. The quantitative estimate of drug-likeness (QED) is 0.174. The number of amides is 1. The zero-order valence-electron chi connectivity index (χ0n) is 37.7. The average molecular weight is 912 g/mol. The number of H-pyrrole nitrogens is 1. The highest BCUT2D eigenvalue weighted by atomic mass is 19.1. The number of aromatic amines is 1. The summed E-state index contributed by atoms with van der Waals surface area (Å²) in [7, 11) is 1.72. The Morgan fingerprint density at radius 1 is 0.955 bits per heavy atom. The third-order valence-corrected chi connectivity index (χ3v) is 14.6. The van der Waals surface area contributed by atoms with E-state index in [4.69, 9.17) is 24.1 Å². The van der Waals surface area contributed by atoms with Crippen LogP contribution in [0.4, 0.5) is 8.78 Å². The molecule has 2 aromatic carbocycles. The van der Waals surface area contributed by atoms with Gasteiger partial charge in [-0.1, -0.05) is 12.1 Å².